The van der Waals surface area contributed by atoms with Crippen LogP contribution in [0.4, 0.5) is 0 Å². The van der Waals surface area contributed by atoms with Gasteiger partial charge >= 0.3 is 11.9 Å². The summed E-state index contributed by atoms with van der Waals surface area (Å²) in [4.78, 5) is 47.9. The molecule has 0 aromatic heterocycles. The number of benzene rings is 1. The molecule has 7 nitrogen and oxygen atoms in total. The molecule has 0 radical (unpaired) electrons. The van der Waals surface area contributed by atoms with Gasteiger partial charge in [-0.25, -0.2) is 4.79 Å². The lowest BCUT2D eigenvalue weighted by atomic mass is 10.1. The van der Waals surface area contributed by atoms with E-state index in [-0.39, 0.29) is 13.0 Å². The maximum absolute atomic E-state index is 12.1. The van der Waals surface area contributed by atoms with Gasteiger partial charge in [0.05, 0.1) is 24.7 Å². The van der Waals surface area contributed by atoms with Crippen LogP contribution in [-0.2, 0) is 19.1 Å². The highest BCUT2D eigenvalue weighted by molar-refractivity contribution is 6.21. The van der Waals surface area contributed by atoms with Crippen LogP contribution in [0.5, 0.6) is 0 Å². The second-order valence-electron chi connectivity index (χ2n) is 4.71. The fourth-order valence-corrected chi connectivity index (χ4v) is 2.12. The molecule has 1 aromatic carbocycles. The molecule has 2 rings (SSSR count). The summed E-state index contributed by atoms with van der Waals surface area (Å²) in [5.41, 5.74) is 0.646. The molecule has 0 N–H and O–H groups in total. The summed E-state index contributed by atoms with van der Waals surface area (Å²) in [5.74, 6) is -2.23. The van der Waals surface area contributed by atoms with Crippen LogP contribution >= 0.6 is 0 Å². The summed E-state index contributed by atoms with van der Waals surface area (Å²) in [6.45, 7) is 1.28. The minimum atomic E-state index is -1.03. The lowest BCUT2D eigenvalue weighted by Crippen LogP contribution is -2.33. The first-order valence-corrected chi connectivity index (χ1v) is 6.68. The summed E-state index contributed by atoms with van der Waals surface area (Å²) in [5, 5.41) is 0. The Morgan fingerprint density at radius 1 is 1.14 bits per heavy atom. The number of carbonyl (C=O) groups excluding carboxylic acids is 4. The normalized spacial score (nSPS) is 14.5. The molecule has 116 valence electrons. The first kappa shape index (κ1) is 15.7. The van der Waals surface area contributed by atoms with Gasteiger partial charge < -0.3 is 9.47 Å². The molecule has 1 heterocycles. The highest BCUT2D eigenvalue weighted by atomic mass is 16.6. The zero-order valence-corrected chi connectivity index (χ0v) is 12.2. The molecule has 0 spiro atoms. The smallest absolute Gasteiger partial charge is 0.346 e. The second kappa shape index (κ2) is 6.38. The van der Waals surface area contributed by atoms with Crippen LogP contribution in [0, 0.1) is 0 Å². The Labute approximate surface area is 126 Å². The number of hydrogen-bond acceptors (Lipinski definition) is 6. The third-order valence-corrected chi connectivity index (χ3v) is 3.26. The molecule has 0 fully saturated rings. The molecule has 7 heteroatoms. The SMILES string of the molecule is COC(=O)C(C)OC(=O)CCN1C(=O)c2ccccc2C1=O. The van der Waals surface area contributed by atoms with Gasteiger partial charge in [0.1, 0.15) is 0 Å². The van der Waals surface area contributed by atoms with Crippen molar-refractivity contribution in [3.8, 4) is 0 Å². The lowest BCUT2D eigenvalue weighted by molar-refractivity contribution is -0.164. The number of fused-ring (bicyclic) bond motifs is 1. The van der Waals surface area contributed by atoms with Crippen LogP contribution in [-0.4, -0.2) is 48.4 Å². The molecule has 2 amide bonds. The maximum Gasteiger partial charge on any atom is 0.346 e. The van der Waals surface area contributed by atoms with E-state index in [0.29, 0.717) is 11.1 Å². The number of hydrogen-bond donors (Lipinski definition) is 0. The molecular weight excluding hydrogens is 290 g/mol. The molecule has 0 saturated carbocycles. The summed E-state index contributed by atoms with van der Waals surface area (Å²) in [7, 11) is 1.19. The quantitative estimate of drug-likeness (QED) is 0.590. The van der Waals surface area contributed by atoms with E-state index in [9.17, 15) is 19.2 Å². The number of imide groups is 1. The molecular formula is C15H15NO6. The Hall–Kier alpha value is -2.70. The zero-order chi connectivity index (χ0) is 16.3. The molecule has 0 bridgehead atoms. The third-order valence-electron chi connectivity index (χ3n) is 3.26. The number of amides is 2. The van der Waals surface area contributed by atoms with Gasteiger partial charge in [-0.2, -0.15) is 0 Å². The van der Waals surface area contributed by atoms with E-state index in [1.165, 1.54) is 14.0 Å². The van der Waals surface area contributed by atoms with Crippen molar-refractivity contribution >= 4 is 23.8 Å². The van der Waals surface area contributed by atoms with Gasteiger partial charge in [0.15, 0.2) is 6.10 Å². The summed E-state index contributed by atoms with van der Waals surface area (Å²) in [6, 6.07) is 6.46. The fourth-order valence-electron chi connectivity index (χ4n) is 2.12. The molecule has 1 aliphatic heterocycles. The molecule has 22 heavy (non-hydrogen) atoms. The molecule has 0 aliphatic carbocycles. The molecule has 1 atom stereocenters. The summed E-state index contributed by atoms with van der Waals surface area (Å²) >= 11 is 0. The summed E-state index contributed by atoms with van der Waals surface area (Å²) < 4.78 is 9.28. The van der Waals surface area contributed by atoms with Crippen LogP contribution in [0.1, 0.15) is 34.1 Å². The van der Waals surface area contributed by atoms with Crippen LogP contribution in [0.3, 0.4) is 0 Å². The van der Waals surface area contributed by atoms with Gasteiger partial charge in [0, 0.05) is 6.54 Å². The predicted molar refractivity (Wildman–Crippen MR) is 74.0 cm³/mol. The monoisotopic (exact) mass is 305 g/mol. The van der Waals surface area contributed by atoms with Crippen molar-refractivity contribution < 1.29 is 28.7 Å². The third kappa shape index (κ3) is 2.98. The van der Waals surface area contributed by atoms with Crippen molar-refractivity contribution in [1.82, 2.24) is 4.90 Å². The van der Waals surface area contributed by atoms with Crippen LogP contribution < -0.4 is 0 Å². The fraction of sp³-hybridized carbons (Fsp3) is 0.333. The Kier molecular flexibility index (Phi) is 4.55. The zero-order valence-electron chi connectivity index (χ0n) is 12.2. The molecule has 1 aromatic rings. The molecule has 1 aliphatic rings. The highest BCUT2D eigenvalue weighted by Crippen LogP contribution is 2.22. The average molecular weight is 305 g/mol. The van der Waals surface area contributed by atoms with E-state index in [4.69, 9.17) is 4.74 Å². The highest BCUT2D eigenvalue weighted by Gasteiger charge is 2.35. The largest absolute Gasteiger partial charge is 0.466 e. The number of methoxy groups -OCH3 is 1. The van der Waals surface area contributed by atoms with Crippen molar-refractivity contribution in [2.45, 2.75) is 19.4 Å². The van der Waals surface area contributed by atoms with Crippen LogP contribution in [0.15, 0.2) is 24.3 Å². The van der Waals surface area contributed by atoms with E-state index in [2.05, 4.69) is 4.74 Å². The van der Waals surface area contributed by atoms with Gasteiger partial charge in [-0.3, -0.25) is 19.3 Å². The van der Waals surface area contributed by atoms with Gasteiger partial charge in [-0.15, -0.1) is 0 Å². The predicted octanol–water partition coefficient (Wildman–Crippen LogP) is 0.777. The number of ether oxygens (including phenoxy) is 2. The second-order valence-corrected chi connectivity index (χ2v) is 4.71. The van der Waals surface area contributed by atoms with E-state index in [1.807, 2.05) is 0 Å². The van der Waals surface area contributed by atoms with Crippen molar-refractivity contribution in [3.63, 3.8) is 0 Å². The summed E-state index contributed by atoms with van der Waals surface area (Å²) in [6.07, 6.45) is -1.22. The maximum atomic E-state index is 12.1. The van der Waals surface area contributed by atoms with Gasteiger partial charge in [0.2, 0.25) is 0 Å². The molecule has 1 unspecified atom stereocenters. The Morgan fingerprint density at radius 3 is 2.18 bits per heavy atom. The molecule has 0 saturated heterocycles. The van der Waals surface area contributed by atoms with E-state index in [0.717, 1.165) is 4.90 Å². The van der Waals surface area contributed by atoms with E-state index in [1.54, 1.807) is 24.3 Å². The number of nitrogens with zero attached hydrogens (tertiary/aromatic N) is 1. The van der Waals surface area contributed by atoms with Crippen molar-refractivity contribution in [1.29, 1.82) is 0 Å². The van der Waals surface area contributed by atoms with Gasteiger partial charge in [-0.1, -0.05) is 12.1 Å². The van der Waals surface area contributed by atoms with E-state index >= 15 is 0 Å². The number of rotatable bonds is 5. The number of esters is 2. The Balaban J connectivity index is 1.93. The van der Waals surface area contributed by atoms with Gasteiger partial charge in [-0.05, 0) is 19.1 Å². The minimum Gasteiger partial charge on any atom is -0.466 e. The minimum absolute atomic E-state index is 0.0981. The van der Waals surface area contributed by atoms with Gasteiger partial charge in [0.25, 0.3) is 11.8 Å². The van der Waals surface area contributed by atoms with Crippen LogP contribution in [0.2, 0.25) is 0 Å². The number of carbonyl (C=O) groups is 4. The van der Waals surface area contributed by atoms with Crippen LogP contribution in [0.25, 0.3) is 0 Å². The topological polar surface area (TPSA) is 90.0 Å². The Bertz CT molecular complexity index is 604. The Morgan fingerprint density at radius 2 is 1.68 bits per heavy atom. The van der Waals surface area contributed by atoms with Crippen molar-refractivity contribution in [3.05, 3.63) is 35.4 Å². The standard InChI is InChI=1S/C15H15NO6/c1-9(15(20)21-2)22-12(17)7-8-16-13(18)10-5-3-4-6-11(10)14(16)19/h3-6,9H,7-8H2,1-2H3. The van der Waals surface area contributed by atoms with Crippen molar-refractivity contribution in [2.24, 2.45) is 0 Å². The van der Waals surface area contributed by atoms with Crippen molar-refractivity contribution in [2.75, 3.05) is 13.7 Å². The average Bonchev–Trinajstić information content (AvgIpc) is 2.76. The lowest BCUT2D eigenvalue weighted by Gasteiger charge is -2.14. The first-order chi connectivity index (χ1) is 10.5. The first-order valence-electron chi connectivity index (χ1n) is 6.68. The van der Waals surface area contributed by atoms with E-state index < -0.39 is 29.9 Å².